The second-order valence-electron chi connectivity index (χ2n) is 9.24. The van der Waals surface area contributed by atoms with Gasteiger partial charge in [0.25, 0.3) is 0 Å². The largest absolute Gasteiger partial charge is 0.354 e. The van der Waals surface area contributed by atoms with Gasteiger partial charge in [0.2, 0.25) is 21.8 Å². The van der Waals surface area contributed by atoms with Crippen LogP contribution in [0, 0.1) is 6.92 Å². The molecule has 35 heavy (non-hydrogen) atoms. The summed E-state index contributed by atoms with van der Waals surface area (Å²) in [5.74, 6) is -0.362. The Morgan fingerprint density at radius 1 is 0.971 bits per heavy atom. The van der Waals surface area contributed by atoms with Gasteiger partial charge >= 0.3 is 0 Å². The first-order chi connectivity index (χ1) is 16.5. The number of carbonyl (C=O) groups excluding carboxylic acids is 2. The Balaban J connectivity index is 2.40. The average molecular weight is 502 g/mol. The summed E-state index contributed by atoms with van der Waals surface area (Å²) >= 11 is 0. The molecule has 0 aliphatic carbocycles. The molecule has 1 atom stereocenters. The number of amides is 2. The van der Waals surface area contributed by atoms with Crippen molar-refractivity contribution in [1.29, 1.82) is 0 Å². The van der Waals surface area contributed by atoms with E-state index in [1.807, 2.05) is 57.2 Å². The van der Waals surface area contributed by atoms with Crippen LogP contribution in [0.2, 0.25) is 0 Å². The van der Waals surface area contributed by atoms with Gasteiger partial charge < -0.3 is 10.2 Å². The first kappa shape index (κ1) is 28.4. The molecule has 0 aliphatic heterocycles. The van der Waals surface area contributed by atoms with Gasteiger partial charge in [-0.3, -0.25) is 13.9 Å². The van der Waals surface area contributed by atoms with Crippen LogP contribution in [-0.2, 0) is 26.2 Å². The first-order valence-corrected chi connectivity index (χ1v) is 14.0. The number of nitrogens with zero attached hydrogens (tertiary/aromatic N) is 2. The summed E-state index contributed by atoms with van der Waals surface area (Å²) in [5, 5.41) is 2.88. The fraction of sp³-hybridized carbons (Fsp3) is 0.481. The molecule has 192 valence electrons. The van der Waals surface area contributed by atoms with E-state index in [4.69, 9.17) is 0 Å². The summed E-state index contributed by atoms with van der Waals surface area (Å²) in [6, 6.07) is 14.2. The third-order valence-corrected chi connectivity index (χ3v) is 7.08. The van der Waals surface area contributed by atoms with Crippen LogP contribution in [0.1, 0.15) is 63.1 Å². The highest BCUT2D eigenvalue weighted by molar-refractivity contribution is 7.92. The molecule has 2 aromatic carbocycles. The maximum absolute atomic E-state index is 13.6. The number of aryl methyl sites for hydroxylation is 1. The van der Waals surface area contributed by atoms with Gasteiger partial charge in [0.05, 0.1) is 11.9 Å². The molecule has 8 heteroatoms. The minimum absolute atomic E-state index is 0.209. The summed E-state index contributed by atoms with van der Waals surface area (Å²) in [6.45, 7) is 10.3. The van der Waals surface area contributed by atoms with Crippen LogP contribution in [-0.4, -0.2) is 50.5 Å². The molecule has 1 unspecified atom stereocenters. The topological polar surface area (TPSA) is 86.8 Å². The Morgan fingerprint density at radius 2 is 1.57 bits per heavy atom. The number of benzene rings is 2. The highest BCUT2D eigenvalue weighted by Gasteiger charge is 2.31. The van der Waals surface area contributed by atoms with Gasteiger partial charge in [0, 0.05) is 13.1 Å². The highest BCUT2D eigenvalue weighted by Crippen LogP contribution is 2.23. The van der Waals surface area contributed by atoms with Gasteiger partial charge in [0.1, 0.15) is 12.6 Å². The standard InChI is InChI=1S/C27H39N3O4S/c1-7-17-28-27(32)25(8-2)29(18-22-11-9-21(5)10-12-22)26(31)19-30(35(6,33)34)24-15-13-23(14-16-24)20(3)4/h9-16,20,25H,7-8,17-19H2,1-6H3,(H,28,32). The smallest absolute Gasteiger partial charge is 0.244 e. The molecular weight excluding hydrogens is 462 g/mol. The number of anilines is 1. The van der Waals surface area contributed by atoms with Crippen LogP contribution in [0.25, 0.3) is 0 Å². The fourth-order valence-electron chi connectivity index (χ4n) is 3.81. The van der Waals surface area contributed by atoms with Gasteiger partial charge in [-0.1, -0.05) is 69.7 Å². The molecule has 2 rings (SSSR count). The summed E-state index contributed by atoms with van der Waals surface area (Å²) < 4.78 is 26.5. The molecule has 0 aromatic heterocycles. The summed E-state index contributed by atoms with van der Waals surface area (Å²) in [6.07, 6.45) is 2.28. The number of rotatable bonds is 12. The zero-order chi connectivity index (χ0) is 26.2. The number of carbonyl (C=O) groups is 2. The van der Waals surface area contributed by atoms with Crippen molar-refractivity contribution in [3.05, 3.63) is 65.2 Å². The van der Waals surface area contributed by atoms with E-state index < -0.39 is 22.0 Å². The predicted octanol–water partition coefficient (Wildman–Crippen LogP) is 4.22. The molecule has 7 nitrogen and oxygen atoms in total. The minimum atomic E-state index is -3.74. The summed E-state index contributed by atoms with van der Waals surface area (Å²) in [5.41, 5.74) is 3.46. The lowest BCUT2D eigenvalue weighted by Crippen LogP contribution is -2.52. The normalized spacial score (nSPS) is 12.3. The Kier molecular flexibility index (Phi) is 10.3. The van der Waals surface area contributed by atoms with E-state index >= 15 is 0 Å². The van der Waals surface area contributed by atoms with Crippen LogP contribution < -0.4 is 9.62 Å². The predicted molar refractivity (Wildman–Crippen MR) is 142 cm³/mol. The molecule has 0 heterocycles. The average Bonchev–Trinajstić information content (AvgIpc) is 2.81. The van der Waals surface area contributed by atoms with Crippen molar-refractivity contribution >= 4 is 27.5 Å². The van der Waals surface area contributed by atoms with Gasteiger partial charge in [-0.2, -0.15) is 0 Å². The lowest BCUT2D eigenvalue weighted by molar-refractivity contribution is -0.140. The molecule has 0 radical (unpaired) electrons. The van der Waals surface area contributed by atoms with Gasteiger partial charge in [-0.15, -0.1) is 0 Å². The second kappa shape index (κ2) is 12.7. The first-order valence-electron chi connectivity index (χ1n) is 12.2. The number of nitrogens with one attached hydrogen (secondary N) is 1. The van der Waals surface area contributed by atoms with E-state index in [2.05, 4.69) is 19.2 Å². The molecule has 0 saturated heterocycles. The van der Waals surface area contributed by atoms with Crippen molar-refractivity contribution in [2.24, 2.45) is 0 Å². The molecular formula is C27H39N3O4S. The lowest BCUT2D eigenvalue weighted by atomic mass is 10.0. The summed E-state index contributed by atoms with van der Waals surface area (Å²) in [4.78, 5) is 28.1. The van der Waals surface area contributed by atoms with Gasteiger partial charge in [0.15, 0.2) is 0 Å². The van der Waals surface area contributed by atoms with Crippen molar-refractivity contribution in [2.45, 2.75) is 66.0 Å². The van der Waals surface area contributed by atoms with Crippen molar-refractivity contribution < 1.29 is 18.0 Å². The maximum Gasteiger partial charge on any atom is 0.244 e. The molecule has 0 aliphatic rings. The van der Waals surface area contributed by atoms with Crippen molar-refractivity contribution in [2.75, 3.05) is 23.7 Å². The van der Waals surface area contributed by atoms with E-state index in [0.29, 0.717) is 24.6 Å². The van der Waals surface area contributed by atoms with Crippen molar-refractivity contribution in [1.82, 2.24) is 10.2 Å². The van der Waals surface area contributed by atoms with E-state index in [1.165, 1.54) is 4.90 Å². The van der Waals surface area contributed by atoms with Gasteiger partial charge in [-0.25, -0.2) is 8.42 Å². The van der Waals surface area contributed by atoms with E-state index in [-0.39, 0.29) is 19.0 Å². The molecule has 2 aromatic rings. The van der Waals surface area contributed by atoms with Gasteiger partial charge in [-0.05, 0) is 48.9 Å². The quantitative estimate of drug-likeness (QED) is 0.472. The second-order valence-corrected chi connectivity index (χ2v) is 11.1. The van der Waals surface area contributed by atoms with Crippen LogP contribution in [0.4, 0.5) is 5.69 Å². The Morgan fingerprint density at radius 3 is 2.06 bits per heavy atom. The SMILES string of the molecule is CCCNC(=O)C(CC)N(Cc1ccc(C)cc1)C(=O)CN(c1ccc(C(C)C)cc1)S(C)(=O)=O. The van der Waals surface area contributed by atoms with Crippen molar-refractivity contribution in [3.8, 4) is 0 Å². The highest BCUT2D eigenvalue weighted by atomic mass is 32.2. The van der Waals surface area contributed by atoms with Crippen LogP contribution in [0.5, 0.6) is 0 Å². The lowest BCUT2D eigenvalue weighted by Gasteiger charge is -2.33. The third kappa shape index (κ3) is 8.09. The van der Waals surface area contributed by atoms with Crippen molar-refractivity contribution in [3.63, 3.8) is 0 Å². The number of hydrogen-bond donors (Lipinski definition) is 1. The Bertz CT molecular complexity index is 1080. The number of hydrogen-bond acceptors (Lipinski definition) is 4. The van der Waals surface area contributed by atoms with E-state index in [1.54, 1.807) is 12.1 Å². The monoisotopic (exact) mass is 501 g/mol. The maximum atomic E-state index is 13.6. The minimum Gasteiger partial charge on any atom is -0.354 e. The fourth-order valence-corrected chi connectivity index (χ4v) is 4.66. The molecule has 1 N–H and O–H groups in total. The van der Waals surface area contributed by atoms with E-state index in [9.17, 15) is 18.0 Å². The summed E-state index contributed by atoms with van der Waals surface area (Å²) in [7, 11) is -3.74. The zero-order valence-electron chi connectivity index (χ0n) is 21.7. The molecule has 0 saturated carbocycles. The molecule has 2 amide bonds. The Hall–Kier alpha value is -2.87. The third-order valence-electron chi connectivity index (χ3n) is 5.94. The molecule has 0 fully saturated rings. The number of sulfonamides is 1. The van der Waals surface area contributed by atoms with E-state index in [0.717, 1.165) is 33.7 Å². The molecule has 0 spiro atoms. The molecule has 0 bridgehead atoms. The van der Waals surface area contributed by atoms with Crippen LogP contribution >= 0.6 is 0 Å². The van der Waals surface area contributed by atoms with Crippen LogP contribution in [0.3, 0.4) is 0 Å². The Labute approximate surface area is 210 Å². The van der Waals surface area contributed by atoms with Crippen LogP contribution in [0.15, 0.2) is 48.5 Å². The zero-order valence-corrected chi connectivity index (χ0v) is 22.6.